The van der Waals surface area contributed by atoms with Gasteiger partial charge in [0.1, 0.15) is 22.9 Å². The lowest BCUT2D eigenvalue weighted by atomic mass is 10.0. The number of hydrogen-bond acceptors (Lipinski definition) is 4. The summed E-state index contributed by atoms with van der Waals surface area (Å²) in [5.74, 6) is -2.59. The molecule has 6 rings (SSSR count). The molecule has 0 radical (unpaired) electrons. The molecule has 2 aromatic carbocycles. The van der Waals surface area contributed by atoms with E-state index in [4.69, 9.17) is 4.42 Å². The molecule has 8 nitrogen and oxygen atoms in total. The second-order valence-corrected chi connectivity index (χ2v) is 8.29. The molecule has 0 aliphatic heterocycles. The summed E-state index contributed by atoms with van der Waals surface area (Å²) in [6, 6.07) is 10.6. The minimum absolute atomic E-state index is 0.0413. The molecule has 178 valence electrons. The first-order valence-corrected chi connectivity index (χ1v) is 10.8. The van der Waals surface area contributed by atoms with Gasteiger partial charge in [-0.05, 0) is 48.0 Å². The van der Waals surface area contributed by atoms with Crippen molar-refractivity contribution in [3.05, 3.63) is 105 Å². The number of rotatable bonds is 4. The highest BCUT2D eigenvalue weighted by molar-refractivity contribution is 6.17. The molecule has 0 spiro atoms. The van der Waals surface area contributed by atoms with Crippen molar-refractivity contribution in [1.82, 2.24) is 14.5 Å². The molecule has 0 unspecified atom stereocenters. The van der Waals surface area contributed by atoms with Gasteiger partial charge in [-0.25, -0.2) is 13.6 Å². The Kier molecular flexibility index (Phi) is 4.65. The van der Waals surface area contributed by atoms with Crippen molar-refractivity contribution in [2.45, 2.75) is 6.54 Å². The van der Waals surface area contributed by atoms with Crippen LogP contribution in [0.2, 0.25) is 0 Å². The Morgan fingerprint density at radius 2 is 1.89 bits per heavy atom. The summed E-state index contributed by atoms with van der Waals surface area (Å²) in [6.07, 6.45) is 2.68. The van der Waals surface area contributed by atoms with Gasteiger partial charge in [0.25, 0.3) is 5.56 Å². The predicted molar refractivity (Wildman–Crippen MR) is 128 cm³/mol. The topological polar surface area (TPSA) is 121 Å². The van der Waals surface area contributed by atoms with Gasteiger partial charge in [-0.15, -0.1) is 0 Å². The Balaban J connectivity index is 1.77. The van der Waals surface area contributed by atoms with Crippen molar-refractivity contribution in [2.24, 2.45) is 0 Å². The second-order valence-electron chi connectivity index (χ2n) is 8.29. The van der Waals surface area contributed by atoms with Crippen LogP contribution in [0, 0.1) is 11.6 Å². The SMILES string of the molecule is O=C(O)c1c(-c2ccc[nH]c2=O)c2c3occc3c(F)cc2n1Cc1cc(=O)[nH]c2ccc(F)cc12. The Hall–Kier alpha value is -4.99. The lowest BCUT2D eigenvalue weighted by Crippen LogP contribution is -2.15. The van der Waals surface area contributed by atoms with Gasteiger partial charge < -0.3 is 24.1 Å². The van der Waals surface area contributed by atoms with Gasteiger partial charge in [0.05, 0.1) is 28.1 Å². The van der Waals surface area contributed by atoms with E-state index in [-0.39, 0.29) is 45.2 Å². The molecule has 0 aliphatic rings. The number of carboxylic acid groups (broad SMARTS) is 1. The first-order chi connectivity index (χ1) is 17.3. The molecule has 0 bridgehead atoms. The van der Waals surface area contributed by atoms with Gasteiger partial charge in [0.15, 0.2) is 0 Å². The Morgan fingerprint density at radius 3 is 2.67 bits per heavy atom. The number of halogens is 2. The van der Waals surface area contributed by atoms with Crippen molar-refractivity contribution < 1.29 is 23.1 Å². The number of nitrogens with zero attached hydrogens (tertiary/aromatic N) is 1. The summed E-state index contributed by atoms with van der Waals surface area (Å²) < 4.78 is 36.0. The summed E-state index contributed by atoms with van der Waals surface area (Å²) >= 11 is 0. The summed E-state index contributed by atoms with van der Waals surface area (Å²) in [5, 5.41) is 11.0. The van der Waals surface area contributed by atoms with E-state index >= 15 is 4.39 Å². The summed E-state index contributed by atoms with van der Waals surface area (Å²) in [4.78, 5) is 42.9. The van der Waals surface area contributed by atoms with Crippen LogP contribution in [0.15, 0.2) is 75.0 Å². The molecule has 6 aromatic rings. The lowest BCUT2D eigenvalue weighted by molar-refractivity contribution is 0.0687. The summed E-state index contributed by atoms with van der Waals surface area (Å²) in [6.45, 7) is -0.224. The third-order valence-electron chi connectivity index (χ3n) is 6.23. The third kappa shape index (κ3) is 3.15. The number of aromatic amines is 2. The normalized spacial score (nSPS) is 11.6. The maximum absolute atomic E-state index is 15.1. The number of aromatic carboxylic acids is 1. The Bertz CT molecular complexity index is 1980. The standard InChI is InChI=1S/C26H15F2N3O5/c27-13-3-4-18-16(9-13)12(8-20(32)30-18)11-31-19-10-17(28)14-5-7-36-24(14)22(19)21(23(31)26(34)35)15-2-1-6-29-25(15)33/h1-10H,11H2,(H,29,33)(H,30,32)(H,34,35). The number of pyridine rings is 2. The first-order valence-electron chi connectivity index (χ1n) is 10.8. The van der Waals surface area contributed by atoms with E-state index in [9.17, 15) is 23.9 Å². The molecule has 0 aliphatic carbocycles. The molecule has 0 saturated carbocycles. The van der Waals surface area contributed by atoms with Crippen LogP contribution in [0.4, 0.5) is 8.78 Å². The zero-order valence-electron chi connectivity index (χ0n) is 18.3. The zero-order valence-corrected chi connectivity index (χ0v) is 18.3. The van der Waals surface area contributed by atoms with Crippen LogP contribution in [0.1, 0.15) is 16.1 Å². The van der Waals surface area contributed by atoms with E-state index in [1.807, 2.05) is 0 Å². The highest BCUT2D eigenvalue weighted by Crippen LogP contribution is 2.40. The van der Waals surface area contributed by atoms with Gasteiger partial charge in [-0.3, -0.25) is 9.59 Å². The number of hydrogen-bond donors (Lipinski definition) is 3. The zero-order chi connectivity index (χ0) is 25.1. The van der Waals surface area contributed by atoms with Crippen LogP contribution < -0.4 is 11.1 Å². The molecule has 36 heavy (non-hydrogen) atoms. The largest absolute Gasteiger partial charge is 0.477 e. The van der Waals surface area contributed by atoms with E-state index in [0.717, 1.165) is 6.07 Å². The van der Waals surface area contributed by atoms with Gasteiger partial charge in [-0.1, -0.05) is 0 Å². The lowest BCUT2D eigenvalue weighted by Gasteiger charge is -2.12. The van der Waals surface area contributed by atoms with E-state index in [2.05, 4.69) is 9.97 Å². The predicted octanol–water partition coefficient (Wildman–Crippen LogP) is 4.61. The van der Waals surface area contributed by atoms with Crippen LogP contribution in [-0.2, 0) is 6.54 Å². The average molecular weight is 487 g/mol. The number of nitrogens with one attached hydrogen (secondary N) is 2. The summed E-state index contributed by atoms with van der Waals surface area (Å²) in [7, 11) is 0. The number of carboxylic acids is 1. The van der Waals surface area contributed by atoms with Crippen molar-refractivity contribution in [2.75, 3.05) is 0 Å². The van der Waals surface area contributed by atoms with E-state index < -0.39 is 28.7 Å². The number of benzene rings is 2. The van der Waals surface area contributed by atoms with Crippen LogP contribution in [-0.4, -0.2) is 25.6 Å². The van der Waals surface area contributed by atoms with Crippen LogP contribution in [0.3, 0.4) is 0 Å². The van der Waals surface area contributed by atoms with Crippen LogP contribution in [0.5, 0.6) is 0 Å². The number of fused-ring (bicyclic) bond motifs is 4. The first kappa shape index (κ1) is 21.5. The van der Waals surface area contributed by atoms with Gasteiger partial charge >= 0.3 is 5.97 Å². The molecule has 0 amide bonds. The molecular formula is C26H15F2N3O5. The minimum atomic E-state index is -1.38. The highest BCUT2D eigenvalue weighted by Gasteiger charge is 2.29. The minimum Gasteiger partial charge on any atom is -0.477 e. The molecule has 0 saturated heterocycles. The van der Waals surface area contributed by atoms with Crippen LogP contribution in [0.25, 0.3) is 43.9 Å². The van der Waals surface area contributed by atoms with Crippen molar-refractivity contribution in [3.63, 3.8) is 0 Å². The fraction of sp³-hybridized carbons (Fsp3) is 0.0385. The number of furan rings is 1. The molecule has 0 fully saturated rings. The van der Waals surface area contributed by atoms with Gasteiger partial charge in [0.2, 0.25) is 5.56 Å². The molecule has 4 heterocycles. The van der Waals surface area contributed by atoms with E-state index in [1.54, 1.807) is 6.07 Å². The van der Waals surface area contributed by atoms with Crippen molar-refractivity contribution in [1.29, 1.82) is 0 Å². The summed E-state index contributed by atoms with van der Waals surface area (Å²) in [5.41, 5.74) is -0.378. The fourth-order valence-electron chi connectivity index (χ4n) is 4.77. The van der Waals surface area contributed by atoms with Gasteiger partial charge in [-0.2, -0.15) is 0 Å². The second kappa shape index (κ2) is 7.77. The van der Waals surface area contributed by atoms with E-state index in [1.165, 1.54) is 53.4 Å². The molecular weight excluding hydrogens is 472 g/mol. The Labute approximate surface area is 199 Å². The maximum Gasteiger partial charge on any atom is 0.353 e. The van der Waals surface area contributed by atoms with Crippen molar-refractivity contribution >= 4 is 38.7 Å². The molecule has 0 atom stereocenters. The average Bonchev–Trinajstić information content (AvgIpc) is 3.44. The highest BCUT2D eigenvalue weighted by atomic mass is 19.1. The van der Waals surface area contributed by atoms with Crippen LogP contribution >= 0.6 is 0 Å². The maximum atomic E-state index is 15.1. The smallest absolute Gasteiger partial charge is 0.353 e. The molecule has 10 heteroatoms. The molecule has 4 aromatic heterocycles. The fourth-order valence-corrected chi connectivity index (χ4v) is 4.77. The van der Waals surface area contributed by atoms with Gasteiger partial charge in [0, 0.05) is 35.3 Å². The number of H-pyrrole nitrogens is 2. The monoisotopic (exact) mass is 487 g/mol. The number of carbonyl (C=O) groups is 1. The van der Waals surface area contributed by atoms with E-state index in [0.29, 0.717) is 16.5 Å². The molecule has 3 N–H and O–H groups in total. The third-order valence-corrected chi connectivity index (χ3v) is 6.23. The van der Waals surface area contributed by atoms with Crippen molar-refractivity contribution in [3.8, 4) is 11.1 Å². The Morgan fingerprint density at radius 1 is 1.06 bits per heavy atom. The number of aromatic nitrogens is 3. The quantitative estimate of drug-likeness (QED) is 0.335.